The molecule has 0 saturated heterocycles. The fourth-order valence-corrected chi connectivity index (χ4v) is 3.37. The Kier molecular flexibility index (Phi) is 5.99. The highest BCUT2D eigenvalue weighted by molar-refractivity contribution is 5.94. The summed E-state index contributed by atoms with van der Waals surface area (Å²) in [5.74, 6) is -0.00886. The van der Waals surface area contributed by atoms with E-state index in [2.05, 4.69) is 41.3 Å². The van der Waals surface area contributed by atoms with Crippen LogP contribution in [-0.2, 0) is 19.5 Å². The van der Waals surface area contributed by atoms with Crippen LogP contribution >= 0.6 is 0 Å². The van der Waals surface area contributed by atoms with E-state index in [9.17, 15) is 4.79 Å². The minimum absolute atomic E-state index is 0.00886. The average molecular weight is 396 g/mol. The van der Waals surface area contributed by atoms with Gasteiger partial charge in [0.2, 0.25) is 0 Å². The fourth-order valence-electron chi connectivity index (χ4n) is 3.37. The van der Waals surface area contributed by atoms with Crippen molar-refractivity contribution in [3.05, 3.63) is 114 Å². The molecule has 0 radical (unpaired) electrons. The van der Waals surface area contributed by atoms with Gasteiger partial charge < -0.3 is 4.90 Å². The molecule has 2 heterocycles. The van der Waals surface area contributed by atoms with Gasteiger partial charge >= 0.3 is 0 Å². The van der Waals surface area contributed by atoms with E-state index in [-0.39, 0.29) is 5.91 Å². The van der Waals surface area contributed by atoms with Crippen LogP contribution in [0.2, 0.25) is 0 Å². The molecule has 0 saturated carbocycles. The van der Waals surface area contributed by atoms with Crippen molar-refractivity contribution in [1.82, 2.24) is 19.7 Å². The third-order valence-corrected chi connectivity index (χ3v) is 5.07. The van der Waals surface area contributed by atoms with Crippen LogP contribution in [0.15, 0.2) is 91.5 Å². The molecule has 0 aliphatic heterocycles. The Balaban J connectivity index is 1.57. The molecule has 0 atom stereocenters. The number of carbonyl (C=O) groups is 1. The Morgan fingerprint density at radius 1 is 0.867 bits per heavy atom. The van der Waals surface area contributed by atoms with E-state index >= 15 is 0 Å². The SMILES string of the molecule is CCc1ccc(CN(Cc2cccnc2)C(=O)c2ccc(-n3cccn3)cc2)cc1. The second-order valence-corrected chi connectivity index (χ2v) is 7.19. The van der Waals surface area contributed by atoms with E-state index in [1.807, 2.05) is 53.6 Å². The molecule has 2 aromatic heterocycles. The van der Waals surface area contributed by atoms with Crippen molar-refractivity contribution in [1.29, 1.82) is 0 Å². The van der Waals surface area contributed by atoms with Crippen LogP contribution in [-0.4, -0.2) is 25.6 Å². The summed E-state index contributed by atoms with van der Waals surface area (Å²) in [6, 6.07) is 21.8. The lowest BCUT2D eigenvalue weighted by Gasteiger charge is -2.23. The Morgan fingerprint density at radius 2 is 1.60 bits per heavy atom. The molecular weight excluding hydrogens is 372 g/mol. The van der Waals surface area contributed by atoms with Crippen molar-refractivity contribution in [2.75, 3.05) is 0 Å². The number of rotatable bonds is 7. The first-order chi connectivity index (χ1) is 14.7. The van der Waals surface area contributed by atoms with Gasteiger partial charge in [0.15, 0.2) is 0 Å². The van der Waals surface area contributed by atoms with Gasteiger partial charge in [-0.1, -0.05) is 37.3 Å². The zero-order chi connectivity index (χ0) is 20.8. The quantitative estimate of drug-likeness (QED) is 0.456. The van der Waals surface area contributed by atoms with Crippen molar-refractivity contribution >= 4 is 5.91 Å². The van der Waals surface area contributed by atoms with E-state index in [4.69, 9.17) is 0 Å². The molecule has 0 aliphatic rings. The van der Waals surface area contributed by atoms with Gasteiger partial charge in [0.05, 0.1) is 5.69 Å². The molecule has 0 bridgehead atoms. The Labute approximate surface area is 176 Å². The van der Waals surface area contributed by atoms with Gasteiger partial charge in [0.1, 0.15) is 0 Å². The Morgan fingerprint density at radius 3 is 2.23 bits per heavy atom. The monoisotopic (exact) mass is 396 g/mol. The summed E-state index contributed by atoms with van der Waals surface area (Å²) < 4.78 is 1.77. The van der Waals surface area contributed by atoms with Crippen LogP contribution in [0.1, 0.15) is 34.0 Å². The number of pyridine rings is 1. The van der Waals surface area contributed by atoms with Crippen LogP contribution in [0.3, 0.4) is 0 Å². The van der Waals surface area contributed by atoms with E-state index in [0.717, 1.165) is 23.2 Å². The summed E-state index contributed by atoms with van der Waals surface area (Å²) in [6.45, 7) is 3.18. The molecule has 4 aromatic rings. The van der Waals surface area contributed by atoms with Crippen LogP contribution in [0.4, 0.5) is 0 Å². The lowest BCUT2D eigenvalue weighted by molar-refractivity contribution is 0.0730. The molecule has 2 aromatic carbocycles. The van der Waals surface area contributed by atoms with Crippen LogP contribution in [0.25, 0.3) is 5.69 Å². The molecule has 1 amide bonds. The Bertz CT molecular complexity index is 1070. The lowest BCUT2D eigenvalue weighted by atomic mass is 10.1. The molecule has 30 heavy (non-hydrogen) atoms. The third-order valence-electron chi connectivity index (χ3n) is 5.07. The molecule has 5 nitrogen and oxygen atoms in total. The summed E-state index contributed by atoms with van der Waals surface area (Å²) >= 11 is 0. The topological polar surface area (TPSA) is 51.0 Å². The average Bonchev–Trinajstić information content (AvgIpc) is 3.34. The zero-order valence-electron chi connectivity index (χ0n) is 17.0. The summed E-state index contributed by atoms with van der Waals surface area (Å²) in [5.41, 5.74) is 4.98. The van der Waals surface area contributed by atoms with E-state index in [1.54, 1.807) is 23.3 Å². The Hall–Kier alpha value is -3.73. The van der Waals surface area contributed by atoms with Crippen molar-refractivity contribution in [2.24, 2.45) is 0 Å². The first kappa shape index (κ1) is 19.6. The van der Waals surface area contributed by atoms with E-state index in [1.165, 1.54) is 5.56 Å². The first-order valence-electron chi connectivity index (χ1n) is 10.1. The lowest BCUT2D eigenvalue weighted by Crippen LogP contribution is -2.30. The summed E-state index contributed by atoms with van der Waals surface area (Å²) in [6.07, 6.45) is 8.17. The fraction of sp³-hybridized carbons (Fsp3) is 0.160. The summed E-state index contributed by atoms with van der Waals surface area (Å²) in [5, 5.41) is 4.24. The van der Waals surface area contributed by atoms with Crippen molar-refractivity contribution in [3.63, 3.8) is 0 Å². The normalized spacial score (nSPS) is 10.7. The van der Waals surface area contributed by atoms with Crippen molar-refractivity contribution < 1.29 is 4.79 Å². The van der Waals surface area contributed by atoms with Gasteiger partial charge in [-0.25, -0.2) is 4.68 Å². The smallest absolute Gasteiger partial charge is 0.254 e. The highest BCUT2D eigenvalue weighted by Crippen LogP contribution is 2.16. The predicted octanol–water partition coefficient (Wildman–Crippen LogP) is 4.67. The first-order valence-corrected chi connectivity index (χ1v) is 10.1. The van der Waals surface area contributed by atoms with Gasteiger partial charge in [0.25, 0.3) is 5.91 Å². The van der Waals surface area contributed by atoms with Gasteiger partial charge in [-0.15, -0.1) is 0 Å². The number of hydrogen-bond acceptors (Lipinski definition) is 3. The zero-order valence-corrected chi connectivity index (χ0v) is 17.0. The van der Waals surface area contributed by atoms with E-state index in [0.29, 0.717) is 18.7 Å². The van der Waals surface area contributed by atoms with Crippen molar-refractivity contribution in [2.45, 2.75) is 26.4 Å². The van der Waals surface area contributed by atoms with Crippen LogP contribution in [0, 0.1) is 0 Å². The highest BCUT2D eigenvalue weighted by atomic mass is 16.2. The van der Waals surface area contributed by atoms with Gasteiger partial charge in [0, 0.05) is 43.4 Å². The molecule has 0 N–H and O–H groups in total. The molecular formula is C25H24N4O. The molecule has 0 unspecified atom stereocenters. The largest absolute Gasteiger partial charge is 0.330 e. The van der Waals surface area contributed by atoms with Gasteiger partial charge in [-0.3, -0.25) is 9.78 Å². The second kappa shape index (κ2) is 9.18. The maximum absolute atomic E-state index is 13.4. The highest BCUT2D eigenvalue weighted by Gasteiger charge is 2.17. The molecule has 150 valence electrons. The van der Waals surface area contributed by atoms with Crippen LogP contribution in [0.5, 0.6) is 0 Å². The van der Waals surface area contributed by atoms with Gasteiger partial charge in [-0.2, -0.15) is 5.10 Å². The number of aromatic nitrogens is 3. The van der Waals surface area contributed by atoms with Gasteiger partial charge in [-0.05, 0) is 59.5 Å². The standard InChI is InChI=1S/C25H24N4O/c1-2-20-6-8-21(9-7-20)18-28(19-22-5-3-14-26-17-22)25(30)23-10-12-24(13-11-23)29-16-4-15-27-29/h3-17H,2,18-19H2,1H3. The molecule has 4 rings (SSSR count). The maximum Gasteiger partial charge on any atom is 0.254 e. The molecule has 0 aliphatic carbocycles. The minimum atomic E-state index is -0.00886. The summed E-state index contributed by atoms with van der Waals surface area (Å²) in [7, 11) is 0. The number of hydrogen-bond donors (Lipinski definition) is 0. The molecule has 0 spiro atoms. The predicted molar refractivity (Wildman–Crippen MR) is 117 cm³/mol. The van der Waals surface area contributed by atoms with E-state index < -0.39 is 0 Å². The third kappa shape index (κ3) is 4.63. The summed E-state index contributed by atoms with van der Waals surface area (Å²) in [4.78, 5) is 19.4. The molecule has 0 fully saturated rings. The number of carbonyl (C=O) groups excluding carboxylic acids is 1. The second-order valence-electron chi connectivity index (χ2n) is 7.19. The maximum atomic E-state index is 13.4. The number of aryl methyl sites for hydroxylation is 1. The van der Waals surface area contributed by atoms with Crippen LogP contribution < -0.4 is 0 Å². The minimum Gasteiger partial charge on any atom is -0.330 e. The number of amides is 1. The molecule has 5 heteroatoms. The van der Waals surface area contributed by atoms with Crippen molar-refractivity contribution in [3.8, 4) is 5.69 Å². The number of nitrogens with zero attached hydrogens (tertiary/aromatic N) is 4. The number of benzene rings is 2.